The van der Waals surface area contributed by atoms with Gasteiger partial charge in [-0.2, -0.15) is 5.10 Å². The smallest absolute Gasteiger partial charge is 0.254 e. The number of rotatable bonds is 3. The quantitative estimate of drug-likeness (QED) is 0.878. The summed E-state index contributed by atoms with van der Waals surface area (Å²) >= 11 is 11.5. The Morgan fingerprint density at radius 2 is 2.17 bits per heavy atom. The third-order valence-corrected chi connectivity index (χ3v) is 2.76. The van der Waals surface area contributed by atoms with E-state index in [2.05, 4.69) is 15.4 Å². The van der Waals surface area contributed by atoms with Crippen LogP contribution in [-0.4, -0.2) is 20.7 Å². The molecule has 0 aliphatic heterocycles. The molecule has 5 nitrogen and oxygen atoms in total. The highest BCUT2D eigenvalue weighted by atomic mass is 35.5. The summed E-state index contributed by atoms with van der Waals surface area (Å²) in [6, 6.07) is 4.87. The van der Waals surface area contributed by atoms with E-state index in [9.17, 15) is 4.79 Å². The molecule has 0 bridgehead atoms. The second-order valence-corrected chi connectivity index (χ2v) is 4.38. The molecule has 0 unspecified atom stereocenters. The van der Waals surface area contributed by atoms with E-state index in [1.54, 1.807) is 10.9 Å². The Balaban J connectivity index is 2.03. The first-order valence-corrected chi connectivity index (χ1v) is 5.90. The maximum absolute atomic E-state index is 11.8. The lowest BCUT2D eigenvalue weighted by Crippen LogP contribution is -2.23. The summed E-state index contributed by atoms with van der Waals surface area (Å²) in [7, 11) is 1.81. The molecule has 7 heteroatoms. The monoisotopic (exact) mass is 284 g/mol. The summed E-state index contributed by atoms with van der Waals surface area (Å²) in [5.41, 5.74) is 1.06. The molecular formula is C11H10Cl2N4O. The first kappa shape index (κ1) is 12.9. The SMILES string of the molecule is Cn1ccc(CNC(=O)c2ccc(Cl)nc2Cl)n1. The van der Waals surface area contributed by atoms with Gasteiger partial charge in [0.05, 0.1) is 17.8 Å². The molecule has 1 amide bonds. The van der Waals surface area contributed by atoms with Crippen molar-refractivity contribution in [1.82, 2.24) is 20.1 Å². The molecule has 0 fully saturated rings. The Morgan fingerprint density at radius 3 is 2.78 bits per heavy atom. The molecule has 1 N–H and O–H groups in total. The lowest BCUT2D eigenvalue weighted by Gasteiger charge is -2.04. The molecule has 0 aliphatic rings. The van der Waals surface area contributed by atoms with Crippen LogP contribution in [0, 0.1) is 0 Å². The van der Waals surface area contributed by atoms with Crippen LogP contribution >= 0.6 is 23.2 Å². The van der Waals surface area contributed by atoms with Gasteiger partial charge < -0.3 is 5.32 Å². The van der Waals surface area contributed by atoms with E-state index in [0.717, 1.165) is 5.69 Å². The Kier molecular flexibility index (Phi) is 3.84. The summed E-state index contributed by atoms with van der Waals surface area (Å²) in [5.74, 6) is -0.310. The van der Waals surface area contributed by atoms with E-state index in [0.29, 0.717) is 6.54 Å². The molecule has 94 valence electrons. The fourth-order valence-electron chi connectivity index (χ4n) is 1.41. The van der Waals surface area contributed by atoms with Crippen molar-refractivity contribution in [2.45, 2.75) is 6.54 Å². The summed E-state index contributed by atoms with van der Waals surface area (Å²) in [6.45, 7) is 0.332. The minimum Gasteiger partial charge on any atom is -0.346 e. The van der Waals surface area contributed by atoms with Crippen molar-refractivity contribution in [1.29, 1.82) is 0 Å². The highest BCUT2D eigenvalue weighted by molar-refractivity contribution is 6.34. The van der Waals surface area contributed by atoms with E-state index in [4.69, 9.17) is 23.2 Å². The highest BCUT2D eigenvalue weighted by Crippen LogP contribution is 2.16. The summed E-state index contributed by atoms with van der Waals surface area (Å²) in [6.07, 6.45) is 1.80. The zero-order valence-corrected chi connectivity index (χ0v) is 11.0. The topological polar surface area (TPSA) is 59.8 Å². The van der Waals surface area contributed by atoms with Crippen LogP contribution in [0.4, 0.5) is 0 Å². The van der Waals surface area contributed by atoms with Crippen molar-refractivity contribution in [2.75, 3.05) is 0 Å². The maximum Gasteiger partial charge on any atom is 0.254 e. The highest BCUT2D eigenvalue weighted by Gasteiger charge is 2.11. The number of nitrogens with one attached hydrogen (secondary N) is 1. The second kappa shape index (κ2) is 5.37. The van der Waals surface area contributed by atoms with E-state index in [1.165, 1.54) is 12.1 Å². The number of amides is 1. The lowest BCUT2D eigenvalue weighted by atomic mass is 10.2. The molecule has 0 spiro atoms. The van der Waals surface area contributed by atoms with Crippen LogP contribution in [0.1, 0.15) is 16.1 Å². The number of hydrogen-bond acceptors (Lipinski definition) is 3. The van der Waals surface area contributed by atoms with Gasteiger partial charge in [-0.25, -0.2) is 4.98 Å². The molecule has 0 aliphatic carbocycles. The number of aryl methyl sites for hydroxylation is 1. The number of aromatic nitrogens is 3. The van der Waals surface area contributed by atoms with Crippen molar-refractivity contribution < 1.29 is 4.79 Å². The average molecular weight is 285 g/mol. The predicted octanol–water partition coefficient (Wildman–Crippen LogP) is 2.05. The zero-order valence-electron chi connectivity index (χ0n) is 9.52. The molecule has 0 aromatic carbocycles. The number of carbonyl (C=O) groups excluding carboxylic acids is 1. The van der Waals surface area contributed by atoms with Crippen molar-refractivity contribution in [3.8, 4) is 0 Å². The van der Waals surface area contributed by atoms with Gasteiger partial charge in [-0.3, -0.25) is 9.48 Å². The van der Waals surface area contributed by atoms with Crippen LogP contribution in [0.2, 0.25) is 10.3 Å². The lowest BCUT2D eigenvalue weighted by molar-refractivity contribution is 0.0950. The van der Waals surface area contributed by atoms with Gasteiger partial charge in [-0.15, -0.1) is 0 Å². The molecular weight excluding hydrogens is 275 g/mol. The summed E-state index contributed by atoms with van der Waals surface area (Å²) < 4.78 is 1.66. The Morgan fingerprint density at radius 1 is 1.39 bits per heavy atom. The maximum atomic E-state index is 11.8. The first-order valence-electron chi connectivity index (χ1n) is 5.15. The van der Waals surface area contributed by atoms with Gasteiger partial charge >= 0.3 is 0 Å². The minimum absolute atomic E-state index is 0.0843. The molecule has 2 aromatic heterocycles. The van der Waals surface area contributed by atoms with Gasteiger partial charge in [0.1, 0.15) is 10.3 Å². The van der Waals surface area contributed by atoms with Crippen molar-refractivity contribution in [2.24, 2.45) is 7.05 Å². The van der Waals surface area contributed by atoms with Crippen molar-refractivity contribution >= 4 is 29.1 Å². The van der Waals surface area contributed by atoms with Gasteiger partial charge in [0.2, 0.25) is 0 Å². The van der Waals surface area contributed by atoms with E-state index in [1.807, 2.05) is 13.1 Å². The molecule has 0 saturated carbocycles. The van der Waals surface area contributed by atoms with Gasteiger partial charge in [-0.05, 0) is 18.2 Å². The van der Waals surface area contributed by atoms with Gasteiger partial charge in [0.15, 0.2) is 0 Å². The molecule has 0 radical (unpaired) electrons. The van der Waals surface area contributed by atoms with Crippen LogP contribution < -0.4 is 5.32 Å². The molecule has 2 aromatic rings. The van der Waals surface area contributed by atoms with Crippen molar-refractivity contribution in [3.05, 3.63) is 46.0 Å². The fourth-order valence-corrected chi connectivity index (χ4v) is 1.84. The zero-order chi connectivity index (χ0) is 13.1. The number of nitrogens with zero attached hydrogens (tertiary/aromatic N) is 3. The number of hydrogen-bond donors (Lipinski definition) is 1. The summed E-state index contributed by atoms with van der Waals surface area (Å²) in [5, 5.41) is 7.19. The van der Waals surface area contributed by atoms with E-state index >= 15 is 0 Å². The second-order valence-electron chi connectivity index (χ2n) is 3.64. The largest absolute Gasteiger partial charge is 0.346 e. The molecule has 2 rings (SSSR count). The Hall–Kier alpha value is -1.59. The summed E-state index contributed by atoms with van der Waals surface area (Å²) in [4.78, 5) is 15.6. The van der Waals surface area contributed by atoms with Crippen LogP contribution in [-0.2, 0) is 13.6 Å². The fraction of sp³-hybridized carbons (Fsp3) is 0.182. The predicted molar refractivity (Wildman–Crippen MR) is 68.6 cm³/mol. The Bertz CT molecular complexity index is 582. The van der Waals surface area contributed by atoms with Gasteiger partial charge in [-0.1, -0.05) is 23.2 Å². The molecule has 2 heterocycles. The third-order valence-electron chi connectivity index (χ3n) is 2.26. The minimum atomic E-state index is -0.310. The van der Waals surface area contributed by atoms with Crippen molar-refractivity contribution in [3.63, 3.8) is 0 Å². The van der Waals surface area contributed by atoms with Gasteiger partial charge in [0, 0.05) is 13.2 Å². The normalized spacial score (nSPS) is 10.4. The van der Waals surface area contributed by atoms with Gasteiger partial charge in [0.25, 0.3) is 5.91 Å². The van der Waals surface area contributed by atoms with E-state index in [-0.39, 0.29) is 21.8 Å². The number of halogens is 2. The molecule has 0 saturated heterocycles. The Labute approximate surface area is 114 Å². The van der Waals surface area contributed by atoms with Crippen LogP contribution in [0.3, 0.4) is 0 Å². The van der Waals surface area contributed by atoms with E-state index < -0.39 is 0 Å². The standard InChI is InChI=1S/C11H10Cl2N4O/c1-17-5-4-7(16-17)6-14-11(18)8-2-3-9(12)15-10(8)13/h2-5H,6H2,1H3,(H,14,18). The number of pyridine rings is 1. The first-order chi connectivity index (χ1) is 8.56. The third kappa shape index (κ3) is 3.00. The molecule has 0 atom stereocenters. The van der Waals surface area contributed by atoms with Crippen LogP contribution in [0.5, 0.6) is 0 Å². The van der Waals surface area contributed by atoms with Crippen LogP contribution in [0.15, 0.2) is 24.4 Å². The average Bonchev–Trinajstić information content (AvgIpc) is 2.72. The van der Waals surface area contributed by atoms with Crippen LogP contribution in [0.25, 0.3) is 0 Å². The molecule has 18 heavy (non-hydrogen) atoms. The number of carbonyl (C=O) groups is 1.